The molecule has 1 unspecified atom stereocenters. The van der Waals surface area contributed by atoms with Crippen LogP contribution in [0.4, 0.5) is 0 Å². The van der Waals surface area contributed by atoms with E-state index in [1.807, 2.05) is 12.1 Å². The molecule has 1 aromatic rings. The molecular formula is C14H26N2O. The lowest BCUT2D eigenvalue weighted by atomic mass is 10.2. The number of furan rings is 1. The standard InChI is InChI=1S/C14H26N2O/c1-4-16(5-2)12-13(3)15-10-6-8-14-9-7-11-17-14/h7,9,11,13,15H,4-6,8,10,12H2,1-3H3. The molecule has 0 spiro atoms. The summed E-state index contributed by atoms with van der Waals surface area (Å²) in [4.78, 5) is 2.45. The topological polar surface area (TPSA) is 28.4 Å². The molecule has 0 saturated heterocycles. The van der Waals surface area contributed by atoms with E-state index in [0.717, 1.165) is 44.8 Å². The van der Waals surface area contributed by atoms with Crippen LogP contribution in [0.1, 0.15) is 33.0 Å². The van der Waals surface area contributed by atoms with E-state index in [1.165, 1.54) is 0 Å². The zero-order chi connectivity index (χ0) is 12.5. The van der Waals surface area contributed by atoms with Crippen molar-refractivity contribution in [3.8, 4) is 0 Å². The van der Waals surface area contributed by atoms with Gasteiger partial charge in [0.2, 0.25) is 0 Å². The molecule has 1 heterocycles. The van der Waals surface area contributed by atoms with Gasteiger partial charge in [-0.3, -0.25) is 0 Å². The normalized spacial score (nSPS) is 13.2. The van der Waals surface area contributed by atoms with Gasteiger partial charge in [0.25, 0.3) is 0 Å². The summed E-state index contributed by atoms with van der Waals surface area (Å²) in [5.74, 6) is 1.09. The largest absolute Gasteiger partial charge is 0.469 e. The lowest BCUT2D eigenvalue weighted by molar-refractivity contribution is 0.271. The number of nitrogens with one attached hydrogen (secondary N) is 1. The van der Waals surface area contributed by atoms with Crippen LogP contribution < -0.4 is 5.32 Å². The number of hydrogen-bond acceptors (Lipinski definition) is 3. The van der Waals surface area contributed by atoms with Crippen molar-refractivity contribution in [1.82, 2.24) is 10.2 Å². The maximum atomic E-state index is 5.30. The third-order valence-electron chi connectivity index (χ3n) is 3.10. The van der Waals surface area contributed by atoms with Crippen molar-refractivity contribution in [2.75, 3.05) is 26.2 Å². The average molecular weight is 238 g/mol. The van der Waals surface area contributed by atoms with Gasteiger partial charge in [0.05, 0.1) is 6.26 Å². The Kier molecular flexibility index (Phi) is 6.97. The highest BCUT2D eigenvalue weighted by atomic mass is 16.3. The Morgan fingerprint density at radius 1 is 1.35 bits per heavy atom. The number of aryl methyl sites for hydroxylation is 1. The number of rotatable bonds is 9. The molecule has 0 fully saturated rings. The van der Waals surface area contributed by atoms with Crippen molar-refractivity contribution in [2.45, 2.75) is 39.7 Å². The van der Waals surface area contributed by atoms with Crippen molar-refractivity contribution in [3.63, 3.8) is 0 Å². The molecule has 3 heteroatoms. The molecule has 0 saturated carbocycles. The number of hydrogen-bond donors (Lipinski definition) is 1. The first-order chi connectivity index (χ1) is 8.26. The minimum absolute atomic E-state index is 0.562. The summed E-state index contributed by atoms with van der Waals surface area (Å²) in [5, 5.41) is 3.56. The van der Waals surface area contributed by atoms with Crippen LogP contribution in [0.3, 0.4) is 0 Å². The van der Waals surface area contributed by atoms with Gasteiger partial charge in [0, 0.05) is 19.0 Å². The van der Waals surface area contributed by atoms with E-state index in [0.29, 0.717) is 6.04 Å². The number of nitrogens with zero attached hydrogens (tertiary/aromatic N) is 1. The van der Waals surface area contributed by atoms with E-state index < -0.39 is 0 Å². The van der Waals surface area contributed by atoms with Crippen LogP contribution in [0.25, 0.3) is 0 Å². The van der Waals surface area contributed by atoms with Crippen LogP contribution in [0, 0.1) is 0 Å². The zero-order valence-corrected chi connectivity index (χ0v) is 11.4. The van der Waals surface area contributed by atoms with Gasteiger partial charge in [0.1, 0.15) is 5.76 Å². The monoisotopic (exact) mass is 238 g/mol. The first-order valence-corrected chi connectivity index (χ1v) is 6.74. The van der Waals surface area contributed by atoms with E-state index in [9.17, 15) is 0 Å². The molecule has 17 heavy (non-hydrogen) atoms. The smallest absolute Gasteiger partial charge is 0.103 e. The Morgan fingerprint density at radius 3 is 2.71 bits per heavy atom. The van der Waals surface area contributed by atoms with Crippen molar-refractivity contribution in [2.24, 2.45) is 0 Å². The second-order valence-corrected chi connectivity index (χ2v) is 4.52. The SMILES string of the molecule is CCN(CC)CC(C)NCCCc1ccco1. The minimum Gasteiger partial charge on any atom is -0.469 e. The van der Waals surface area contributed by atoms with Gasteiger partial charge in [-0.2, -0.15) is 0 Å². The quantitative estimate of drug-likeness (QED) is 0.670. The van der Waals surface area contributed by atoms with Crippen LogP contribution in [0.2, 0.25) is 0 Å². The van der Waals surface area contributed by atoms with Gasteiger partial charge < -0.3 is 14.6 Å². The molecular weight excluding hydrogens is 212 g/mol. The van der Waals surface area contributed by atoms with Crippen LogP contribution in [-0.2, 0) is 6.42 Å². The molecule has 0 bridgehead atoms. The average Bonchev–Trinajstić information content (AvgIpc) is 2.84. The highest BCUT2D eigenvalue weighted by molar-refractivity contribution is 4.97. The van der Waals surface area contributed by atoms with Gasteiger partial charge >= 0.3 is 0 Å². The number of likely N-dealkylation sites (N-methyl/N-ethyl adjacent to an activating group) is 1. The van der Waals surface area contributed by atoms with Crippen molar-refractivity contribution in [1.29, 1.82) is 0 Å². The summed E-state index contributed by atoms with van der Waals surface area (Å²) in [7, 11) is 0. The molecule has 0 aliphatic carbocycles. The first kappa shape index (κ1) is 14.3. The summed E-state index contributed by atoms with van der Waals surface area (Å²) in [6, 6.07) is 4.55. The van der Waals surface area contributed by atoms with Crippen LogP contribution in [0.15, 0.2) is 22.8 Å². The molecule has 3 nitrogen and oxygen atoms in total. The highest BCUT2D eigenvalue weighted by Crippen LogP contribution is 2.02. The van der Waals surface area contributed by atoms with Crippen LogP contribution >= 0.6 is 0 Å². The fourth-order valence-corrected chi connectivity index (χ4v) is 2.00. The Bertz CT molecular complexity index is 268. The molecule has 0 radical (unpaired) electrons. The second kappa shape index (κ2) is 8.31. The predicted molar refractivity (Wildman–Crippen MR) is 72.3 cm³/mol. The highest BCUT2D eigenvalue weighted by Gasteiger charge is 2.05. The van der Waals surface area contributed by atoms with E-state index in [2.05, 4.69) is 31.0 Å². The Balaban J connectivity index is 2.05. The maximum absolute atomic E-state index is 5.30. The van der Waals surface area contributed by atoms with Crippen molar-refractivity contribution >= 4 is 0 Å². The molecule has 1 aromatic heterocycles. The third-order valence-corrected chi connectivity index (χ3v) is 3.10. The summed E-state index contributed by atoms with van der Waals surface area (Å²) < 4.78 is 5.30. The van der Waals surface area contributed by atoms with E-state index in [4.69, 9.17) is 4.42 Å². The summed E-state index contributed by atoms with van der Waals surface area (Å²) in [6.45, 7) is 11.1. The Labute approximate surface area is 105 Å². The van der Waals surface area contributed by atoms with Gasteiger partial charge in [0.15, 0.2) is 0 Å². The zero-order valence-electron chi connectivity index (χ0n) is 11.4. The second-order valence-electron chi connectivity index (χ2n) is 4.52. The molecule has 98 valence electrons. The molecule has 1 N–H and O–H groups in total. The molecule has 0 aliphatic rings. The molecule has 0 amide bonds. The summed E-state index contributed by atoms with van der Waals surface area (Å²) in [5.41, 5.74) is 0. The van der Waals surface area contributed by atoms with Crippen molar-refractivity contribution < 1.29 is 4.42 Å². The molecule has 1 rings (SSSR count). The van der Waals surface area contributed by atoms with E-state index in [-0.39, 0.29) is 0 Å². The van der Waals surface area contributed by atoms with Gasteiger partial charge in [-0.1, -0.05) is 13.8 Å². The van der Waals surface area contributed by atoms with E-state index in [1.54, 1.807) is 6.26 Å². The minimum atomic E-state index is 0.562. The van der Waals surface area contributed by atoms with Crippen LogP contribution in [0.5, 0.6) is 0 Å². The van der Waals surface area contributed by atoms with Crippen molar-refractivity contribution in [3.05, 3.63) is 24.2 Å². The maximum Gasteiger partial charge on any atom is 0.103 e. The lowest BCUT2D eigenvalue weighted by Crippen LogP contribution is -2.39. The molecule has 1 atom stereocenters. The van der Waals surface area contributed by atoms with E-state index >= 15 is 0 Å². The van der Waals surface area contributed by atoms with Gasteiger partial charge in [-0.15, -0.1) is 0 Å². The van der Waals surface area contributed by atoms with Gasteiger partial charge in [-0.05, 0) is 45.1 Å². The first-order valence-electron chi connectivity index (χ1n) is 6.74. The third kappa shape index (κ3) is 5.89. The fraction of sp³-hybridized carbons (Fsp3) is 0.714. The van der Waals surface area contributed by atoms with Gasteiger partial charge in [-0.25, -0.2) is 0 Å². The Hall–Kier alpha value is -0.800. The molecule has 0 aliphatic heterocycles. The fourth-order valence-electron chi connectivity index (χ4n) is 2.00. The predicted octanol–water partition coefficient (Wildman–Crippen LogP) is 2.53. The lowest BCUT2D eigenvalue weighted by Gasteiger charge is -2.23. The van der Waals surface area contributed by atoms with Crippen LogP contribution in [-0.4, -0.2) is 37.1 Å². The summed E-state index contributed by atoms with van der Waals surface area (Å²) >= 11 is 0. The summed E-state index contributed by atoms with van der Waals surface area (Å²) in [6.07, 6.45) is 3.90. The molecule has 0 aromatic carbocycles. The Morgan fingerprint density at radius 2 is 2.12 bits per heavy atom.